The summed E-state index contributed by atoms with van der Waals surface area (Å²) in [6.07, 6.45) is 0. The maximum absolute atomic E-state index is 9.82. The molecule has 0 saturated carbocycles. The third kappa shape index (κ3) is 8.94. The molecule has 0 atom stereocenters. The molecule has 0 aliphatic rings. The van der Waals surface area contributed by atoms with Gasteiger partial charge in [-0.2, -0.15) is 0 Å². The van der Waals surface area contributed by atoms with Gasteiger partial charge in [-0.15, -0.1) is 0 Å². The first-order chi connectivity index (χ1) is 13.6. The van der Waals surface area contributed by atoms with Crippen LogP contribution in [-0.2, 0) is 9.53 Å². The summed E-state index contributed by atoms with van der Waals surface area (Å²) < 4.78 is 4.40. The van der Waals surface area contributed by atoms with Crippen molar-refractivity contribution < 1.29 is 14.6 Å². The van der Waals surface area contributed by atoms with Crippen molar-refractivity contribution in [3.05, 3.63) is 91.0 Å². The summed E-state index contributed by atoms with van der Waals surface area (Å²) in [5.74, 6) is -0.211. The Kier molecular flexibility index (Phi) is 12.3. The Bertz CT molecular complexity index is 668. The molecular formula is C24H29O3P. The predicted molar refractivity (Wildman–Crippen MR) is 120 cm³/mol. The van der Waals surface area contributed by atoms with Crippen molar-refractivity contribution in [3.8, 4) is 0 Å². The molecule has 3 aromatic carbocycles. The number of aliphatic hydroxyl groups is 1. The van der Waals surface area contributed by atoms with E-state index in [9.17, 15) is 4.79 Å². The summed E-state index contributed by atoms with van der Waals surface area (Å²) in [6.45, 7) is 5.58. The first kappa shape index (κ1) is 23.6. The van der Waals surface area contributed by atoms with Crippen molar-refractivity contribution >= 4 is 29.8 Å². The molecule has 3 nitrogen and oxygen atoms in total. The molecule has 0 heterocycles. The fraction of sp³-hybridized carbons (Fsp3) is 0.208. The Hall–Kier alpha value is -2.48. The van der Waals surface area contributed by atoms with Crippen LogP contribution in [0.15, 0.2) is 91.0 Å². The van der Waals surface area contributed by atoms with Crippen molar-refractivity contribution in [2.24, 2.45) is 0 Å². The molecule has 0 amide bonds. The summed E-state index contributed by atoms with van der Waals surface area (Å²) in [4.78, 5) is 9.82. The van der Waals surface area contributed by atoms with Gasteiger partial charge in [0, 0.05) is 13.5 Å². The third-order valence-electron chi connectivity index (χ3n) is 3.39. The van der Waals surface area contributed by atoms with Crippen molar-refractivity contribution in [1.29, 1.82) is 0 Å². The molecule has 3 aromatic rings. The smallest absolute Gasteiger partial charge is 0.302 e. The minimum Gasteiger partial charge on any atom is -0.466 e. The maximum Gasteiger partial charge on any atom is 0.302 e. The molecule has 0 aliphatic heterocycles. The van der Waals surface area contributed by atoms with E-state index in [0.717, 1.165) is 0 Å². The highest BCUT2D eigenvalue weighted by Crippen LogP contribution is 2.32. The zero-order valence-electron chi connectivity index (χ0n) is 16.8. The summed E-state index contributed by atoms with van der Waals surface area (Å²) in [6, 6.07) is 32.3. The number of esters is 1. The van der Waals surface area contributed by atoms with E-state index < -0.39 is 7.92 Å². The monoisotopic (exact) mass is 396 g/mol. The van der Waals surface area contributed by atoms with E-state index in [2.05, 4.69) is 95.7 Å². The molecule has 0 aliphatic carbocycles. The minimum absolute atomic E-state index is 0.211. The van der Waals surface area contributed by atoms with E-state index in [-0.39, 0.29) is 12.6 Å². The molecule has 0 saturated heterocycles. The highest BCUT2D eigenvalue weighted by molar-refractivity contribution is 7.79. The van der Waals surface area contributed by atoms with Gasteiger partial charge >= 0.3 is 5.97 Å². The molecule has 0 spiro atoms. The van der Waals surface area contributed by atoms with Crippen LogP contribution in [0.1, 0.15) is 20.8 Å². The molecule has 0 bridgehead atoms. The number of ether oxygens (including phenoxy) is 1. The van der Waals surface area contributed by atoms with Gasteiger partial charge in [0.1, 0.15) is 0 Å². The zero-order chi connectivity index (χ0) is 20.6. The average Bonchev–Trinajstić information content (AvgIpc) is 2.72. The number of hydrogen-bond acceptors (Lipinski definition) is 3. The SMILES string of the molecule is CCO.CCOC(C)=O.c1ccc(P(c2ccccc2)c2ccccc2)cc1. The van der Waals surface area contributed by atoms with Gasteiger partial charge in [-0.25, -0.2) is 0 Å². The minimum atomic E-state index is -0.446. The Labute approximate surface area is 169 Å². The van der Waals surface area contributed by atoms with Crippen molar-refractivity contribution in [1.82, 2.24) is 0 Å². The van der Waals surface area contributed by atoms with Crippen LogP contribution in [0.25, 0.3) is 0 Å². The summed E-state index contributed by atoms with van der Waals surface area (Å²) in [5.41, 5.74) is 0. The van der Waals surface area contributed by atoms with Crippen LogP contribution >= 0.6 is 7.92 Å². The lowest BCUT2D eigenvalue weighted by atomic mass is 10.4. The van der Waals surface area contributed by atoms with Crippen LogP contribution in [0.5, 0.6) is 0 Å². The number of aliphatic hydroxyl groups excluding tert-OH is 1. The van der Waals surface area contributed by atoms with Crippen LogP contribution in [0.4, 0.5) is 0 Å². The van der Waals surface area contributed by atoms with Gasteiger partial charge in [0.25, 0.3) is 0 Å². The molecule has 1 N–H and O–H groups in total. The molecule has 0 aromatic heterocycles. The van der Waals surface area contributed by atoms with Crippen molar-refractivity contribution in [2.45, 2.75) is 20.8 Å². The molecule has 148 valence electrons. The van der Waals surface area contributed by atoms with Gasteiger partial charge in [-0.1, -0.05) is 91.0 Å². The van der Waals surface area contributed by atoms with Crippen LogP contribution < -0.4 is 15.9 Å². The van der Waals surface area contributed by atoms with Gasteiger partial charge in [0.2, 0.25) is 0 Å². The Morgan fingerprint density at radius 2 is 1.04 bits per heavy atom. The summed E-state index contributed by atoms with van der Waals surface area (Å²) in [7, 11) is -0.446. The average molecular weight is 396 g/mol. The molecule has 0 unspecified atom stereocenters. The largest absolute Gasteiger partial charge is 0.466 e. The first-order valence-corrected chi connectivity index (χ1v) is 10.7. The highest BCUT2D eigenvalue weighted by atomic mass is 31.1. The van der Waals surface area contributed by atoms with Crippen LogP contribution in [0, 0.1) is 0 Å². The molecular weight excluding hydrogens is 367 g/mol. The van der Waals surface area contributed by atoms with Crippen molar-refractivity contribution in [3.63, 3.8) is 0 Å². The second-order valence-corrected chi connectivity index (χ2v) is 7.80. The van der Waals surface area contributed by atoms with Gasteiger partial charge < -0.3 is 9.84 Å². The van der Waals surface area contributed by atoms with E-state index in [1.54, 1.807) is 13.8 Å². The Morgan fingerprint density at radius 1 is 0.750 bits per heavy atom. The van der Waals surface area contributed by atoms with E-state index in [0.29, 0.717) is 6.61 Å². The van der Waals surface area contributed by atoms with Gasteiger partial charge in [-0.05, 0) is 37.7 Å². The predicted octanol–water partition coefficient (Wildman–Crippen LogP) is 4.01. The van der Waals surface area contributed by atoms with Gasteiger partial charge in [-0.3, -0.25) is 4.79 Å². The topological polar surface area (TPSA) is 46.5 Å². The van der Waals surface area contributed by atoms with Gasteiger partial charge in [0.05, 0.1) is 6.61 Å². The third-order valence-corrected chi connectivity index (χ3v) is 5.83. The number of carbonyl (C=O) groups excluding carboxylic acids is 1. The highest BCUT2D eigenvalue weighted by Gasteiger charge is 2.14. The number of benzene rings is 3. The van der Waals surface area contributed by atoms with E-state index in [1.807, 2.05) is 0 Å². The second-order valence-electron chi connectivity index (χ2n) is 5.58. The Balaban J connectivity index is 0.000000370. The van der Waals surface area contributed by atoms with Gasteiger partial charge in [0.15, 0.2) is 0 Å². The van der Waals surface area contributed by atoms with Crippen LogP contribution in [0.3, 0.4) is 0 Å². The zero-order valence-corrected chi connectivity index (χ0v) is 17.7. The Morgan fingerprint density at radius 3 is 1.21 bits per heavy atom. The van der Waals surface area contributed by atoms with E-state index in [4.69, 9.17) is 5.11 Å². The maximum atomic E-state index is 9.82. The fourth-order valence-corrected chi connectivity index (χ4v) is 4.69. The standard InChI is InChI=1S/C18H15P.C4H8O2.C2H6O/c1-4-10-16(11-5-1)19(17-12-6-2-7-13-17)18-14-8-3-9-15-18;1-3-6-4(2)5;1-2-3/h1-15H;3H2,1-2H3;3H,2H2,1H3. The normalized spacial score (nSPS) is 9.46. The summed E-state index contributed by atoms with van der Waals surface area (Å²) >= 11 is 0. The lowest BCUT2D eigenvalue weighted by Crippen LogP contribution is -2.20. The molecule has 28 heavy (non-hydrogen) atoms. The molecule has 4 heteroatoms. The fourth-order valence-electron chi connectivity index (χ4n) is 2.38. The van der Waals surface area contributed by atoms with Crippen molar-refractivity contribution in [2.75, 3.05) is 13.2 Å². The first-order valence-electron chi connectivity index (χ1n) is 9.33. The van der Waals surface area contributed by atoms with Crippen LogP contribution in [-0.4, -0.2) is 24.3 Å². The quantitative estimate of drug-likeness (QED) is 0.535. The molecule has 0 fully saturated rings. The molecule has 3 rings (SSSR count). The number of hydrogen-bond donors (Lipinski definition) is 1. The number of carbonyl (C=O) groups is 1. The number of rotatable bonds is 4. The van der Waals surface area contributed by atoms with E-state index >= 15 is 0 Å². The summed E-state index contributed by atoms with van der Waals surface area (Å²) in [5, 5.41) is 11.8. The second kappa shape index (κ2) is 14.6. The lowest BCUT2D eigenvalue weighted by molar-refractivity contribution is -0.140. The van der Waals surface area contributed by atoms with E-state index in [1.165, 1.54) is 22.8 Å². The van der Waals surface area contributed by atoms with Crippen LogP contribution in [0.2, 0.25) is 0 Å². The molecule has 0 radical (unpaired) electrons. The lowest BCUT2D eigenvalue weighted by Gasteiger charge is -2.18.